The van der Waals surface area contributed by atoms with Crippen molar-refractivity contribution in [1.29, 1.82) is 0 Å². The molecule has 0 radical (unpaired) electrons. The van der Waals surface area contributed by atoms with E-state index in [9.17, 15) is 9.59 Å². The molecule has 2 aliphatic rings. The molecule has 2 aromatic carbocycles. The molecule has 146 valence electrons. The molecule has 0 spiro atoms. The number of rotatable bonds is 4. The summed E-state index contributed by atoms with van der Waals surface area (Å²) in [5, 5.41) is 8.23. The Balaban J connectivity index is 1.29. The summed E-state index contributed by atoms with van der Waals surface area (Å²) in [6.45, 7) is -0.0246. The lowest BCUT2D eigenvalue weighted by Crippen LogP contribution is -2.31. The largest absolute Gasteiger partial charge is 0.454 e. The van der Waals surface area contributed by atoms with Crippen molar-refractivity contribution in [2.45, 2.75) is 17.2 Å². The Labute approximate surface area is 168 Å². The molecule has 0 bridgehead atoms. The minimum absolute atomic E-state index is 0.193. The molecular weight excluding hydrogens is 394 g/mol. The van der Waals surface area contributed by atoms with Crippen molar-refractivity contribution in [1.82, 2.24) is 19.8 Å². The molecule has 3 heterocycles. The Bertz CT molecular complexity index is 1200. The van der Waals surface area contributed by atoms with E-state index in [1.165, 1.54) is 6.21 Å². The van der Waals surface area contributed by atoms with E-state index in [0.717, 1.165) is 20.8 Å². The fourth-order valence-electron chi connectivity index (χ4n) is 3.14. The number of hydrogen-bond acceptors (Lipinski definition) is 7. The Morgan fingerprint density at radius 1 is 1.24 bits per heavy atom. The van der Waals surface area contributed by atoms with Crippen molar-refractivity contribution in [3.05, 3.63) is 64.3 Å². The highest BCUT2D eigenvalue weighted by molar-refractivity contribution is 7.98. The van der Waals surface area contributed by atoms with Crippen LogP contribution in [0.1, 0.15) is 11.4 Å². The third-order valence-electron chi connectivity index (χ3n) is 4.46. The van der Waals surface area contributed by atoms with E-state index in [1.807, 2.05) is 24.3 Å². The first-order valence-corrected chi connectivity index (χ1v) is 9.80. The van der Waals surface area contributed by atoms with E-state index < -0.39 is 5.91 Å². The van der Waals surface area contributed by atoms with Crippen molar-refractivity contribution in [2.75, 3.05) is 6.79 Å². The van der Waals surface area contributed by atoms with E-state index in [2.05, 4.69) is 15.6 Å². The summed E-state index contributed by atoms with van der Waals surface area (Å²) in [7, 11) is 0. The quantitative estimate of drug-likeness (QED) is 0.518. The van der Waals surface area contributed by atoms with Gasteiger partial charge in [-0.3, -0.25) is 4.79 Å². The van der Waals surface area contributed by atoms with Crippen molar-refractivity contribution in [3.8, 4) is 17.2 Å². The summed E-state index contributed by atoms with van der Waals surface area (Å²) in [6.07, 6.45) is 1.49. The zero-order valence-corrected chi connectivity index (χ0v) is 15.9. The van der Waals surface area contributed by atoms with Gasteiger partial charge in [-0.15, -0.1) is 11.8 Å². The summed E-state index contributed by atoms with van der Waals surface area (Å²) >= 11 is 1.61. The topological polar surface area (TPSA) is 99.7 Å². The van der Waals surface area contributed by atoms with Gasteiger partial charge in [0.1, 0.15) is 12.4 Å². The maximum Gasteiger partial charge on any atom is 0.351 e. The smallest absolute Gasteiger partial charge is 0.351 e. The van der Waals surface area contributed by atoms with Gasteiger partial charge in [0.2, 0.25) is 6.79 Å². The van der Waals surface area contributed by atoms with E-state index >= 15 is 0 Å². The van der Waals surface area contributed by atoms with Gasteiger partial charge in [0.15, 0.2) is 11.5 Å². The average molecular weight is 409 g/mol. The summed E-state index contributed by atoms with van der Waals surface area (Å²) < 4.78 is 13.3. The zero-order chi connectivity index (χ0) is 19.8. The van der Waals surface area contributed by atoms with E-state index in [4.69, 9.17) is 9.47 Å². The molecule has 5 rings (SSSR count). The molecule has 9 nitrogen and oxygen atoms in total. The molecule has 0 saturated heterocycles. The van der Waals surface area contributed by atoms with Crippen molar-refractivity contribution in [2.24, 2.45) is 5.10 Å². The van der Waals surface area contributed by atoms with Crippen LogP contribution in [-0.2, 0) is 17.1 Å². The molecule has 3 aromatic rings. The number of aromatic nitrogens is 3. The number of nitrogens with one attached hydrogen (secondary N) is 1. The lowest BCUT2D eigenvalue weighted by Gasteiger charge is -2.15. The summed E-state index contributed by atoms with van der Waals surface area (Å²) in [4.78, 5) is 26.0. The highest BCUT2D eigenvalue weighted by Gasteiger charge is 2.22. The van der Waals surface area contributed by atoms with Gasteiger partial charge < -0.3 is 9.47 Å². The molecule has 0 saturated carbocycles. The molecule has 0 fully saturated rings. The fourth-order valence-corrected chi connectivity index (χ4v) is 4.09. The monoisotopic (exact) mass is 409 g/mol. The second kappa shape index (κ2) is 7.13. The van der Waals surface area contributed by atoms with Crippen LogP contribution in [0, 0.1) is 0 Å². The van der Waals surface area contributed by atoms with E-state index in [1.54, 1.807) is 34.5 Å². The molecule has 0 aliphatic carbocycles. The summed E-state index contributed by atoms with van der Waals surface area (Å²) in [5.41, 5.74) is 3.61. The summed E-state index contributed by atoms with van der Waals surface area (Å²) in [6, 6.07) is 13.0. The summed E-state index contributed by atoms with van der Waals surface area (Å²) in [5.74, 6) is 2.06. The van der Waals surface area contributed by atoms with Crippen LogP contribution >= 0.6 is 11.8 Å². The number of carbonyl (C=O) groups is 1. The molecule has 1 N–H and O–H groups in total. The van der Waals surface area contributed by atoms with Crippen LogP contribution in [0.4, 0.5) is 0 Å². The second-order valence-electron chi connectivity index (χ2n) is 6.35. The normalized spacial score (nSPS) is 13.9. The highest BCUT2D eigenvalue weighted by Crippen LogP contribution is 2.33. The molecular formula is C19H15N5O4S. The van der Waals surface area contributed by atoms with E-state index in [0.29, 0.717) is 23.1 Å². The number of thioether (sulfide) groups is 1. The van der Waals surface area contributed by atoms with Gasteiger partial charge >= 0.3 is 5.69 Å². The zero-order valence-electron chi connectivity index (χ0n) is 15.1. The minimum atomic E-state index is -0.444. The lowest BCUT2D eigenvalue weighted by molar-refractivity contribution is -0.121. The van der Waals surface area contributed by atoms with Crippen molar-refractivity contribution >= 4 is 23.9 Å². The van der Waals surface area contributed by atoms with Crippen LogP contribution in [0.15, 0.2) is 57.3 Å². The first-order valence-electron chi connectivity index (χ1n) is 8.81. The minimum Gasteiger partial charge on any atom is -0.454 e. The third kappa shape index (κ3) is 3.27. The standard InChI is InChI=1S/C19H15N5O4S/c25-18(21-20-8-12-5-6-14-15(7-12)28-11-27-14)9-23-19(26)24-13-3-1-2-4-16(13)29-10-17(24)22-23/h1-8H,9-11H2,(H,21,25)/b20-8+. The number of nitrogens with zero attached hydrogens (tertiary/aromatic N) is 4. The number of fused-ring (bicyclic) bond motifs is 4. The van der Waals surface area contributed by atoms with Crippen LogP contribution in [-0.4, -0.2) is 33.3 Å². The SMILES string of the molecule is O=C(Cn1nc2n(c1=O)-c1ccccc1SC2)N/N=C/c1ccc2c(c1)OCO2. The van der Waals surface area contributed by atoms with Gasteiger partial charge in [-0.05, 0) is 35.9 Å². The third-order valence-corrected chi connectivity index (χ3v) is 5.52. The Morgan fingerprint density at radius 2 is 2.10 bits per heavy atom. The maximum absolute atomic E-state index is 12.7. The number of hydrogen-bond donors (Lipinski definition) is 1. The Hall–Kier alpha value is -3.53. The molecule has 10 heteroatoms. The number of amides is 1. The fraction of sp³-hybridized carbons (Fsp3) is 0.158. The number of hydrazone groups is 1. The van der Waals surface area contributed by atoms with Crippen LogP contribution in [0.2, 0.25) is 0 Å². The molecule has 1 aromatic heterocycles. The van der Waals surface area contributed by atoms with Crippen LogP contribution < -0.4 is 20.6 Å². The first-order chi connectivity index (χ1) is 14.2. The molecule has 2 aliphatic heterocycles. The molecule has 0 atom stereocenters. The van der Waals surface area contributed by atoms with Crippen LogP contribution in [0.5, 0.6) is 11.5 Å². The van der Waals surface area contributed by atoms with Gasteiger partial charge in [-0.1, -0.05) is 12.1 Å². The second-order valence-corrected chi connectivity index (χ2v) is 7.37. The van der Waals surface area contributed by atoms with Gasteiger partial charge in [0.25, 0.3) is 5.91 Å². The number of para-hydroxylation sites is 1. The predicted molar refractivity (Wildman–Crippen MR) is 106 cm³/mol. The van der Waals surface area contributed by atoms with Crippen molar-refractivity contribution in [3.63, 3.8) is 0 Å². The van der Waals surface area contributed by atoms with E-state index in [-0.39, 0.29) is 19.0 Å². The number of benzene rings is 2. The van der Waals surface area contributed by atoms with Gasteiger partial charge in [0, 0.05) is 4.90 Å². The molecule has 29 heavy (non-hydrogen) atoms. The number of carbonyl (C=O) groups excluding carboxylic acids is 1. The molecule has 0 unspecified atom stereocenters. The molecule has 1 amide bonds. The van der Waals surface area contributed by atoms with Crippen LogP contribution in [0.25, 0.3) is 5.69 Å². The van der Waals surface area contributed by atoms with Gasteiger partial charge in [-0.2, -0.15) is 10.2 Å². The van der Waals surface area contributed by atoms with Gasteiger partial charge in [0.05, 0.1) is 17.7 Å². The first kappa shape index (κ1) is 17.6. The Morgan fingerprint density at radius 3 is 3.03 bits per heavy atom. The predicted octanol–water partition coefficient (Wildman–Crippen LogP) is 1.52. The van der Waals surface area contributed by atoms with Crippen LogP contribution in [0.3, 0.4) is 0 Å². The maximum atomic E-state index is 12.7. The lowest BCUT2D eigenvalue weighted by atomic mass is 10.2. The number of ether oxygens (including phenoxy) is 2. The van der Waals surface area contributed by atoms with Crippen molar-refractivity contribution < 1.29 is 14.3 Å². The average Bonchev–Trinajstić information content (AvgIpc) is 3.32. The Kier molecular flexibility index (Phi) is 4.32. The van der Waals surface area contributed by atoms with Gasteiger partial charge in [-0.25, -0.2) is 19.5 Å². The highest BCUT2D eigenvalue weighted by atomic mass is 32.2.